The maximum Gasteiger partial charge on any atom is 0.122 e. The molecule has 3 unspecified atom stereocenters. The highest BCUT2D eigenvalue weighted by atomic mass is 35.5. The predicted octanol–water partition coefficient (Wildman–Crippen LogP) is 4.54. The van der Waals surface area contributed by atoms with Gasteiger partial charge in [-0.3, -0.25) is 0 Å². The Balaban J connectivity index is 1.89. The zero-order valence-electron chi connectivity index (χ0n) is 10.5. The van der Waals surface area contributed by atoms with Crippen LogP contribution in [0.2, 0.25) is 0 Å². The van der Waals surface area contributed by atoms with Crippen LogP contribution in [0.5, 0.6) is 0 Å². The molecule has 1 aliphatic rings. The fraction of sp³-hybridized carbons (Fsp3) is 0.769. The molecule has 1 heterocycles. The molecule has 1 aromatic heterocycles. The van der Waals surface area contributed by atoms with Gasteiger partial charge in [0.25, 0.3) is 0 Å². The minimum atomic E-state index is 0.104. The molecule has 3 atom stereocenters. The quantitative estimate of drug-likeness (QED) is 0.752. The first kappa shape index (κ1) is 13.3. The maximum atomic E-state index is 6.11. The first-order valence-electron chi connectivity index (χ1n) is 6.34. The van der Waals surface area contributed by atoms with Gasteiger partial charge in [0.1, 0.15) is 11.1 Å². The number of nitrogens with zero attached hydrogens (tertiary/aromatic N) is 1. The van der Waals surface area contributed by atoms with Gasteiger partial charge in [-0.15, -0.1) is 22.9 Å². The maximum absolute atomic E-state index is 6.11. The molecule has 0 radical (unpaired) electrons. The van der Waals surface area contributed by atoms with Crippen LogP contribution in [0.25, 0.3) is 0 Å². The van der Waals surface area contributed by atoms with Crippen molar-refractivity contribution in [2.24, 2.45) is 5.92 Å². The first-order chi connectivity index (χ1) is 8.19. The van der Waals surface area contributed by atoms with Gasteiger partial charge >= 0.3 is 0 Å². The first-order valence-corrected chi connectivity index (χ1v) is 7.76. The van der Waals surface area contributed by atoms with E-state index < -0.39 is 0 Å². The average molecular weight is 274 g/mol. The second-order valence-corrected chi connectivity index (χ2v) is 6.14. The van der Waals surface area contributed by atoms with Crippen molar-refractivity contribution >= 4 is 22.9 Å². The van der Waals surface area contributed by atoms with Gasteiger partial charge in [0.2, 0.25) is 0 Å². The molecule has 96 valence electrons. The van der Waals surface area contributed by atoms with Crippen molar-refractivity contribution < 1.29 is 4.74 Å². The summed E-state index contributed by atoms with van der Waals surface area (Å²) in [5.74, 6) is 1.29. The van der Waals surface area contributed by atoms with Crippen LogP contribution in [0.3, 0.4) is 0 Å². The molecule has 1 aliphatic carbocycles. The molecular weight excluding hydrogens is 254 g/mol. The lowest BCUT2D eigenvalue weighted by molar-refractivity contribution is -0.0319. The lowest BCUT2D eigenvalue weighted by atomic mass is 9.88. The van der Waals surface area contributed by atoms with E-state index in [-0.39, 0.29) is 6.10 Å². The van der Waals surface area contributed by atoms with Crippen molar-refractivity contribution in [3.63, 3.8) is 0 Å². The summed E-state index contributed by atoms with van der Waals surface area (Å²) in [6.07, 6.45) is 5.55. The molecule has 1 aromatic rings. The molecule has 0 aliphatic heterocycles. The molecule has 0 aromatic carbocycles. The number of thiazole rings is 1. The highest BCUT2D eigenvalue weighted by molar-refractivity contribution is 7.09. The number of hydrogen-bond donors (Lipinski definition) is 0. The third kappa shape index (κ3) is 3.67. The van der Waals surface area contributed by atoms with Gasteiger partial charge in [-0.2, -0.15) is 0 Å². The van der Waals surface area contributed by atoms with Crippen LogP contribution >= 0.6 is 22.9 Å². The second-order valence-electron chi connectivity index (χ2n) is 4.98. The SMILES string of the molecule is CC1CCCC(OC(C)c2nc(CCl)cs2)C1. The number of rotatable bonds is 4. The summed E-state index contributed by atoms with van der Waals surface area (Å²) in [7, 11) is 0. The zero-order chi connectivity index (χ0) is 12.3. The van der Waals surface area contributed by atoms with Crippen LogP contribution < -0.4 is 0 Å². The molecule has 2 nitrogen and oxygen atoms in total. The van der Waals surface area contributed by atoms with Crippen molar-refractivity contribution in [1.82, 2.24) is 4.98 Å². The van der Waals surface area contributed by atoms with E-state index in [9.17, 15) is 0 Å². The van der Waals surface area contributed by atoms with Crippen molar-refractivity contribution in [2.45, 2.75) is 57.6 Å². The Morgan fingerprint density at radius 2 is 2.41 bits per heavy atom. The van der Waals surface area contributed by atoms with Gasteiger partial charge in [-0.1, -0.05) is 19.8 Å². The fourth-order valence-electron chi connectivity index (χ4n) is 2.42. The van der Waals surface area contributed by atoms with Gasteiger partial charge in [-0.05, 0) is 25.7 Å². The van der Waals surface area contributed by atoms with E-state index in [0.29, 0.717) is 12.0 Å². The van der Waals surface area contributed by atoms with Gasteiger partial charge in [0, 0.05) is 5.38 Å². The van der Waals surface area contributed by atoms with Crippen LogP contribution in [0, 0.1) is 5.92 Å². The highest BCUT2D eigenvalue weighted by Gasteiger charge is 2.22. The molecule has 1 saturated carbocycles. The van der Waals surface area contributed by atoms with Crippen molar-refractivity contribution in [2.75, 3.05) is 0 Å². The molecule has 4 heteroatoms. The van der Waals surface area contributed by atoms with Gasteiger partial charge in [0.15, 0.2) is 0 Å². The smallest absolute Gasteiger partial charge is 0.122 e. The molecule has 0 bridgehead atoms. The zero-order valence-corrected chi connectivity index (χ0v) is 12.1. The van der Waals surface area contributed by atoms with Crippen molar-refractivity contribution in [3.8, 4) is 0 Å². The summed E-state index contributed by atoms with van der Waals surface area (Å²) in [6, 6.07) is 0. The summed E-state index contributed by atoms with van der Waals surface area (Å²) in [5, 5.41) is 3.07. The lowest BCUT2D eigenvalue weighted by Crippen LogP contribution is -2.22. The normalized spacial score (nSPS) is 27.0. The Morgan fingerprint density at radius 1 is 1.59 bits per heavy atom. The second kappa shape index (κ2) is 6.17. The van der Waals surface area contributed by atoms with E-state index in [1.165, 1.54) is 25.7 Å². The summed E-state index contributed by atoms with van der Waals surface area (Å²) < 4.78 is 6.11. The van der Waals surface area contributed by atoms with Crippen LogP contribution in [-0.2, 0) is 10.6 Å². The van der Waals surface area contributed by atoms with Crippen LogP contribution in [0.1, 0.15) is 56.3 Å². The Labute approximate surface area is 112 Å². The third-order valence-corrected chi connectivity index (χ3v) is 4.67. The molecule has 0 saturated heterocycles. The van der Waals surface area contributed by atoms with E-state index in [1.54, 1.807) is 11.3 Å². The number of hydrogen-bond acceptors (Lipinski definition) is 3. The Bertz CT molecular complexity index is 355. The van der Waals surface area contributed by atoms with Gasteiger partial charge in [0.05, 0.1) is 17.7 Å². The number of alkyl halides is 1. The van der Waals surface area contributed by atoms with E-state index in [4.69, 9.17) is 16.3 Å². The third-order valence-electron chi connectivity index (χ3n) is 3.34. The standard InChI is InChI=1S/C13H20ClNOS/c1-9-4-3-5-12(6-9)16-10(2)13-15-11(7-14)8-17-13/h8-10,12H,3-7H2,1-2H3. The summed E-state index contributed by atoms with van der Waals surface area (Å²) in [5.41, 5.74) is 0.958. The summed E-state index contributed by atoms with van der Waals surface area (Å²) in [4.78, 5) is 4.47. The Hall–Kier alpha value is -0.120. The van der Waals surface area contributed by atoms with Gasteiger partial charge < -0.3 is 4.74 Å². The number of ether oxygens (including phenoxy) is 1. The van der Waals surface area contributed by atoms with E-state index >= 15 is 0 Å². The molecule has 17 heavy (non-hydrogen) atoms. The summed E-state index contributed by atoms with van der Waals surface area (Å²) >= 11 is 7.41. The Morgan fingerprint density at radius 3 is 3.06 bits per heavy atom. The predicted molar refractivity (Wildman–Crippen MR) is 72.6 cm³/mol. The van der Waals surface area contributed by atoms with Gasteiger partial charge in [-0.25, -0.2) is 4.98 Å². The van der Waals surface area contributed by atoms with Crippen LogP contribution in [0.4, 0.5) is 0 Å². The van der Waals surface area contributed by atoms with Crippen molar-refractivity contribution in [1.29, 1.82) is 0 Å². The van der Waals surface area contributed by atoms with Crippen molar-refractivity contribution in [3.05, 3.63) is 16.1 Å². The minimum absolute atomic E-state index is 0.104. The largest absolute Gasteiger partial charge is 0.368 e. The number of halogens is 1. The average Bonchev–Trinajstić information content (AvgIpc) is 2.77. The fourth-order valence-corrected chi connectivity index (χ4v) is 3.46. The molecule has 0 amide bonds. The molecule has 0 N–H and O–H groups in total. The number of aromatic nitrogens is 1. The topological polar surface area (TPSA) is 22.1 Å². The molecule has 2 rings (SSSR count). The monoisotopic (exact) mass is 273 g/mol. The summed E-state index contributed by atoms with van der Waals surface area (Å²) in [6.45, 7) is 4.41. The van der Waals surface area contributed by atoms with E-state index in [2.05, 4.69) is 18.8 Å². The lowest BCUT2D eigenvalue weighted by Gasteiger charge is -2.28. The van der Waals surface area contributed by atoms with Crippen LogP contribution in [-0.4, -0.2) is 11.1 Å². The van der Waals surface area contributed by atoms with Crippen LogP contribution in [0.15, 0.2) is 5.38 Å². The minimum Gasteiger partial charge on any atom is -0.368 e. The van der Waals surface area contributed by atoms with E-state index in [1.807, 2.05) is 5.38 Å². The molecule has 1 fully saturated rings. The van der Waals surface area contributed by atoms with E-state index in [0.717, 1.165) is 16.6 Å². The molecule has 0 spiro atoms. The Kier molecular flexibility index (Phi) is 4.83. The molecular formula is C13H20ClNOS. The highest BCUT2D eigenvalue weighted by Crippen LogP contribution is 2.30.